The minimum Gasteiger partial charge on any atom is -0.493 e. The van der Waals surface area contributed by atoms with E-state index in [9.17, 15) is 0 Å². The molecule has 0 atom stereocenters. The number of benzene rings is 1. The van der Waals surface area contributed by atoms with Crippen molar-refractivity contribution >= 4 is 6.08 Å². The third-order valence-corrected chi connectivity index (χ3v) is 4.51. The second kappa shape index (κ2) is 7.16. The topological polar surface area (TPSA) is 30.9 Å². The summed E-state index contributed by atoms with van der Waals surface area (Å²) in [6.07, 6.45) is 4.52. The molecule has 2 aliphatic heterocycles. The molecule has 2 heterocycles. The monoisotopic (exact) mass is 303 g/mol. The third-order valence-electron chi connectivity index (χ3n) is 4.51. The Balaban J connectivity index is 1.73. The summed E-state index contributed by atoms with van der Waals surface area (Å²) < 4.78 is 16.8. The number of hydrogen-bond acceptors (Lipinski definition) is 4. The van der Waals surface area contributed by atoms with Gasteiger partial charge in [-0.1, -0.05) is 19.1 Å². The van der Waals surface area contributed by atoms with Crippen LogP contribution in [0, 0.1) is 0 Å². The molecule has 0 amide bonds. The smallest absolute Gasteiger partial charge is 0.168 e. The molecule has 0 unspecified atom stereocenters. The first kappa shape index (κ1) is 15.4. The van der Waals surface area contributed by atoms with E-state index in [4.69, 9.17) is 14.2 Å². The number of nitrogens with zero attached hydrogens (tertiary/aromatic N) is 1. The van der Waals surface area contributed by atoms with E-state index in [0.29, 0.717) is 12.6 Å². The molecule has 1 saturated heterocycles. The first-order valence-electron chi connectivity index (χ1n) is 8.13. The Kier molecular flexibility index (Phi) is 5.01. The molecule has 0 saturated carbocycles. The highest BCUT2D eigenvalue weighted by molar-refractivity contribution is 5.66. The van der Waals surface area contributed by atoms with Gasteiger partial charge in [-0.25, -0.2) is 0 Å². The Bertz CT molecular complexity index is 535. The van der Waals surface area contributed by atoms with Crippen molar-refractivity contribution in [1.82, 2.24) is 4.90 Å². The van der Waals surface area contributed by atoms with Crippen molar-refractivity contribution in [3.05, 3.63) is 29.3 Å². The maximum Gasteiger partial charge on any atom is 0.168 e. The Morgan fingerprint density at radius 1 is 1.27 bits per heavy atom. The van der Waals surface area contributed by atoms with Crippen molar-refractivity contribution in [2.24, 2.45) is 0 Å². The summed E-state index contributed by atoms with van der Waals surface area (Å²) in [5.74, 6) is 1.67. The fourth-order valence-electron chi connectivity index (χ4n) is 3.29. The average molecular weight is 303 g/mol. The standard InChI is InChI=1S/C18H25NO3/c1-3-19(16-7-9-21-10-8-16)12-14-11-15-5-4-6-17(20-2)18(15)22-13-14/h4-6,11,16H,3,7-10,12-13H2,1-2H3. The zero-order valence-electron chi connectivity index (χ0n) is 13.5. The van der Waals surface area contributed by atoms with Crippen molar-refractivity contribution in [2.45, 2.75) is 25.8 Å². The van der Waals surface area contributed by atoms with Crippen LogP contribution in [0.15, 0.2) is 23.8 Å². The Morgan fingerprint density at radius 2 is 2.09 bits per heavy atom. The number of methoxy groups -OCH3 is 1. The van der Waals surface area contributed by atoms with Crippen LogP contribution in [0.25, 0.3) is 6.08 Å². The van der Waals surface area contributed by atoms with E-state index in [2.05, 4.69) is 24.0 Å². The molecule has 1 fully saturated rings. The molecule has 0 spiro atoms. The predicted octanol–water partition coefficient (Wildman–Crippen LogP) is 2.97. The molecular weight excluding hydrogens is 278 g/mol. The molecule has 1 aromatic rings. The van der Waals surface area contributed by atoms with Gasteiger partial charge in [0.25, 0.3) is 0 Å². The molecule has 120 valence electrons. The van der Waals surface area contributed by atoms with E-state index in [-0.39, 0.29) is 0 Å². The summed E-state index contributed by atoms with van der Waals surface area (Å²) in [5, 5.41) is 0. The lowest BCUT2D eigenvalue weighted by atomic mass is 10.0. The van der Waals surface area contributed by atoms with Gasteiger partial charge in [0, 0.05) is 31.4 Å². The second-order valence-corrected chi connectivity index (χ2v) is 5.88. The van der Waals surface area contributed by atoms with Gasteiger partial charge in [0.1, 0.15) is 6.61 Å². The van der Waals surface area contributed by atoms with Gasteiger partial charge in [-0.15, -0.1) is 0 Å². The lowest BCUT2D eigenvalue weighted by Crippen LogP contribution is -2.41. The Labute approximate surface area is 132 Å². The van der Waals surface area contributed by atoms with Crippen molar-refractivity contribution in [3.8, 4) is 11.5 Å². The number of hydrogen-bond donors (Lipinski definition) is 0. The fourth-order valence-corrected chi connectivity index (χ4v) is 3.29. The molecule has 0 bridgehead atoms. The van der Waals surface area contributed by atoms with E-state index in [0.717, 1.165) is 56.2 Å². The zero-order valence-corrected chi connectivity index (χ0v) is 13.5. The second-order valence-electron chi connectivity index (χ2n) is 5.88. The number of rotatable bonds is 5. The number of likely N-dealkylation sites (N-methyl/N-ethyl adjacent to an activating group) is 1. The van der Waals surface area contributed by atoms with Gasteiger partial charge in [-0.2, -0.15) is 0 Å². The molecule has 0 radical (unpaired) electrons. The summed E-state index contributed by atoms with van der Waals surface area (Å²) in [6, 6.07) is 6.67. The fraction of sp³-hybridized carbons (Fsp3) is 0.556. The summed E-state index contributed by atoms with van der Waals surface area (Å²) in [7, 11) is 1.68. The summed E-state index contributed by atoms with van der Waals surface area (Å²) >= 11 is 0. The molecular formula is C18H25NO3. The largest absolute Gasteiger partial charge is 0.493 e. The van der Waals surface area contributed by atoms with Crippen LogP contribution >= 0.6 is 0 Å². The quantitative estimate of drug-likeness (QED) is 0.837. The van der Waals surface area contributed by atoms with E-state index < -0.39 is 0 Å². The van der Waals surface area contributed by atoms with Gasteiger partial charge >= 0.3 is 0 Å². The van der Waals surface area contributed by atoms with Gasteiger partial charge < -0.3 is 14.2 Å². The molecule has 2 aliphatic rings. The van der Waals surface area contributed by atoms with Crippen molar-refractivity contribution in [1.29, 1.82) is 0 Å². The highest BCUT2D eigenvalue weighted by Gasteiger charge is 2.23. The zero-order chi connectivity index (χ0) is 15.4. The Hall–Kier alpha value is -1.52. The predicted molar refractivity (Wildman–Crippen MR) is 87.6 cm³/mol. The highest BCUT2D eigenvalue weighted by atomic mass is 16.5. The summed E-state index contributed by atoms with van der Waals surface area (Å²) in [6.45, 7) is 6.68. The highest BCUT2D eigenvalue weighted by Crippen LogP contribution is 2.35. The first-order chi connectivity index (χ1) is 10.8. The molecule has 22 heavy (non-hydrogen) atoms. The van der Waals surface area contributed by atoms with Crippen LogP contribution < -0.4 is 9.47 Å². The number of fused-ring (bicyclic) bond motifs is 1. The minimum atomic E-state index is 0.631. The van der Waals surface area contributed by atoms with Crippen molar-refractivity contribution < 1.29 is 14.2 Å². The van der Waals surface area contributed by atoms with E-state index in [1.807, 2.05) is 12.1 Å². The third kappa shape index (κ3) is 3.28. The van der Waals surface area contributed by atoms with Crippen LogP contribution in [0.4, 0.5) is 0 Å². The first-order valence-corrected chi connectivity index (χ1v) is 8.13. The maximum atomic E-state index is 5.95. The average Bonchev–Trinajstić information content (AvgIpc) is 2.59. The maximum absolute atomic E-state index is 5.95. The van der Waals surface area contributed by atoms with Gasteiger partial charge in [0.05, 0.1) is 7.11 Å². The van der Waals surface area contributed by atoms with Gasteiger partial charge in [0.15, 0.2) is 11.5 Å². The van der Waals surface area contributed by atoms with Crippen LogP contribution in [0.5, 0.6) is 11.5 Å². The van der Waals surface area contributed by atoms with Crippen LogP contribution in [0.2, 0.25) is 0 Å². The van der Waals surface area contributed by atoms with Crippen molar-refractivity contribution in [2.75, 3.05) is 40.0 Å². The number of ether oxygens (including phenoxy) is 3. The molecule has 0 N–H and O–H groups in total. The van der Waals surface area contributed by atoms with E-state index in [1.54, 1.807) is 7.11 Å². The molecule has 1 aromatic carbocycles. The normalized spacial score (nSPS) is 18.6. The molecule has 4 heteroatoms. The van der Waals surface area contributed by atoms with E-state index in [1.165, 1.54) is 5.57 Å². The molecule has 3 rings (SSSR count). The lowest BCUT2D eigenvalue weighted by Gasteiger charge is -2.34. The van der Waals surface area contributed by atoms with Gasteiger partial charge in [-0.3, -0.25) is 4.90 Å². The van der Waals surface area contributed by atoms with Crippen LogP contribution in [0.3, 0.4) is 0 Å². The summed E-state index contributed by atoms with van der Waals surface area (Å²) in [4.78, 5) is 2.54. The van der Waals surface area contributed by atoms with Gasteiger partial charge in [-0.05, 0) is 37.1 Å². The molecule has 0 aromatic heterocycles. The SMILES string of the molecule is CCN(CC1=Cc2cccc(OC)c2OC1)C1CCOCC1. The molecule has 0 aliphatic carbocycles. The van der Waals surface area contributed by atoms with Crippen LogP contribution in [0.1, 0.15) is 25.3 Å². The van der Waals surface area contributed by atoms with Crippen LogP contribution in [-0.2, 0) is 4.74 Å². The van der Waals surface area contributed by atoms with E-state index >= 15 is 0 Å². The minimum absolute atomic E-state index is 0.631. The summed E-state index contributed by atoms with van der Waals surface area (Å²) in [5.41, 5.74) is 2.44. The molecule has 4 nitrogen and oxygen atoms in total. The lowest BCUT2D eigenvalue weighted by molar-refractivity contribution is 0.0384. The number of para-hydroxylation sites is 1. The Morgan fingerprint density at radius 3 is 2.82 bits per heavy atom. The van der Waals surface area contributed by atoms with Gasteiger partial charge in [0.2, 0.25) is 0 Å². The van der Waals surface area contributed by atoms with Crippen LogP contribution in [-0.4, -0.2) is 51.0 Å². The van der Waals surface area contributed by atoms with Crippen molar-refractivity contribution in [3.63, 3.8) is 0 Å².